The summed E-state index contributed by atoms with van der Waals surface area (Å²) in [5, 5.41) is 2.83. The van der Waals surface area contributed by atoms with Gasteiger partial charge in [-0.25, -0.2) is 0 Å². The van der Waals surface area contributed by atoms with Crippen LogP contribution in [0.2, 0.25) is 0 Å². The van der Waals surface area contributed by atoms with E-state index in [1.165, 1.54) is 31.3 Å². The number of amides is 1. The molecule has 0 saturated heterocycles. The minimum Gasteiger partial charge on any atom is -0.367 e. The molecule has 0 aromatic carbocycles. The normalized spacial score (nSPS) is 17.6. The Bertz CT molecular complexity index is 475. The van der Waals surface area contributed by atoms with Crippen LogP contribution in [0.15, 0.2) is 23.3 Å². The third kappa shape index (κ3) is 2.61. The quantitative estimate of drug-likeness (QED) is 0.731. The Hall–Kier alpha value is -1.62. The molecule has 1 fully saturated rings. The molecule has 1 heterocycles. The number of pyridine rings is 1. The fourth-order valence-corrected chi connectivity index (χ4v) is 2.53. The van der Waals surface area contributed by atoms with E-state index in [0.717, 1.165) is 12.8 Å². The average Bonchev–Trinajstić information content (AvgIpc) is 2.86. The van der Waals surface area contributed by atoms with Gasteiger partial charge in [0.05, 0.1) is 0 Å². The molecular formula is C13H19N3O2. The molecule has 0 atom stereocenters. The maximum atomic E-state index is 11.9. The molecule has 0 radical (unpaired) electrons. The third-order valence-electron chi connectivity index (χ3n) is 3.79. The lowest BCUT2D eigenvalue weighted by molar-refractivity contribution is 0.0930. The van der Waals surface area contributed by atoms with E-state index in [2.05, 4.69) is 10.3 Å². The van der Waals surface area contributed by atoms with E-state index in [1.54, 1.807) is 0 Å². The van der Waals surface area contributed by atoms with Crippen LogP contribution in [0.4, 0.5) is 0 Å². The van der Waals surface area contributed by atoms with Gasteiger partial charge >= 0.3 is 0 Å². The number of hydrogen-bond donors (Lipinski definition) is 3. The predicted octanol–water partition coefficient (Wildman–Crippen LogP) is 0.624. The van der Waals surface area contributed by atoms with E-state index in [9.17, 15) is 9.59 Å². The maximum Gasteiger partial charge on any atom is 0.256 e. The minimum atomic E-state index is -0.323. The van der Waals surface area contributed by atoms with Crippen LogP contribution in [0, 0.1) is 5.41 Å². The summed E-state index contributed by atoms with van der Waals surface area (Å²) in [7, 11) is 0. The zero-order chi connectivity index (χ0) is 13.0. The number of aromatic amines is 1. The molecule has 0 aliphatic heterocycles. The SMILES string of the molecule is NCC1(CNC(=O)c2c[nH]ccc2=O)CCCC1. The summed E-state index contributed by atoms with van der Waals surface area (Å²) in [5.41, 5.74) is 5.72. The van der Waals surface area contributed by atoms with Crippen LogP contribution < -0.4 is 16.5 Å². The van der Waals surface area contributed by atoms with E-state index in [0.29, 0.717) is 13.1 Å². The topological polar surface area (TPSA) is 88.0 Å². The molecule has 0 unspecified atom stereocenters. The van der Waals surface area contributed by atoms with E-state index >= 15 is 0 Å². The van der Waals surface area contributed by atoms with Crippen molar-refractivity contribution in [1.82, 2.24) is 10.3 Å². The van der Waals surface area contributed by atoms with Gasteiger partial charge in [0.2, 0.25) is 0 Å². The number of hydrogen-bond acceptors (Lipinski definition) is 3. The highest BCUT2D eigenvalue weighted by molar-refractivity contribution is 5.93. The number of H-pyrrole nitrogens is 1. The Labute approximate surface area is 106 Å². The van der Waals surface area contributed by atoms with Crippen LogP contribution in [0.5, 0.6) is 0 Å². The molecule has 1 aromatic heterocycles. The highest BCUT2D eigenvalue weighted by Gasteiger charge is 2.32. The Balaban J connectivity index is 2.00. The van der Waals surface area contributed by atoms with Gasteiger partial charge < -0.3 is 16.0 Å². The number of carbonyl (C=O) groups excluding carboxylic acids is 1. The third-order valence-corrected chi connectivity index (χ3v) is 3.79. The van der Waals surface area contributed by atoms with Crippen molar-refractivity contribution in [3.8, 4) is 0 Å². The van der Waals surface area contributed by atoms with E-state index in [1.807, 2.05) is 0 Å². The number of rotatable bonds is 4. The summed E-state index contributed by atoms with van der Waals surface area (Å²) in [5.74, 6) is -0.323. The molecule has 18 heavy (non-hydrogen) atoms. The van der Waals surface area contributed by atoms with Gasteiger partial charge in [0.25, 0.3) is 5.91 Å². The zero-order valence-corrected chi connectivity index (χ0v) is 10.4. The maximum absolute atomic E-state index is 11.9. The Morgan fingerprint density at radius 1 is 1.44 bits per heavy atom. The van der Waals surface area contributed by atoms with Crippen molar-refractivity contribution < 1.29 is 4.79 Å². The van der Waals surface area contributed by atoms with Gasteiger partial charge in [-0.05, 0) is 24.8 Å². The summed E-state index contributed by atoms with van der Waals surface area (Å²) in [4.78, 5) is 26.2. The van der Waals surface area contributed by atoms with Crippen LogP contribution in [0.1, 0.15) is 36.0 Å². The van der Waals surface area contributed by atoms with Crippen molar-refractivity contribution in [2.45, 2.75) is 25.7 Å². The molecule has 0 bridgehead atoms. The Morgan fingerprint density at radius 3 is 2.78 bits per heavy atom. The summed E-state index contributed by atoms with van der Waals surface area (Å²) >= 11 is 0. The predicted molar refractivity (Wildman–Crippen MR) is 69.4 cm³/mol. The minimum absolute atomic E-state index is 0.0250. The van der Waals surface area contributed by atoms with Crippen molar-refractivity contribution in [2.75, 3.05) is 13.1 Å². The fourth-order valence-electron chi connectivity index (χ4n) is 2.53. The van der Waals surface area contributed by atoms with Gasteiger partial charge in [0, 0.05) is 25.0 Å². The van der Waals surface area contributed by atoms with Crippen molar-refractivity contribution in [3.63, 3.8) is 0 Å². The van der Waals surface area contributed by atoms with Crippen LogP contribution in [-0.2, 0) is 0 Å². The van der Waals surface area contributed by atoms with Crippen LogP contribution in [0.25, 0.3) is 0 Å². The summed E-state index contributed by atoms with van der Waals surface area (Å²) in [6.45, 7) is 1.13. The first-order chi connectivity index (χ1) is 8.67. The van der Waals surface area contributed by atoms with E-state index < -0.39 is 0 Å². The molecular weight excluding hydrogens is 230 g/mol. The zero-order valence-electron chi connectivity index (χ0n) is 10.4. The highest BCUT2D eigenvalue weighted by atomic mass is 16.2. The van der Waals surface area contributed by atoms with Gasteiger partial charge in [-0.15, -0.1) is 0 Å². The number of aromatic nitrogens is 1. The van der Waals surface area contributed by atoms with Crippen molar-refractivity contribution in [3.05, 3.63) is 34.2 Å². The van der Waals surface area contributed by atoms with Gasteiger partial charge in [0.1, 0.15) is 5.56 Å². The first-order valence-electron chi connectivity index (χ1n) is 6.32. The average molecular weight is 249 g/mol. The fraction of sp³-hybridized carbons (Fsp3) is 0.538. The molecule has 5 heteroatoms. The Kier molecular flexibility index (Phi) is 3.81. The van der Waals surface area contributed by atoms with Gasteiger partial charge in [0.15, 0.2) is 5.43 Å². The second-order valence-electron chi connectivity index (χ2n) is 5.02. The van der Waals surface area contributed by atoms with Crippen molar-refractivity contribution in [2.24, 2.45) is 11.1 Å². The molecule has 0 spiro atoms. The first-order valence-corrected chi connectivity index (χ1v) is 6.32. The van der Waals surface area contributed by atoms with E-state index in [4.69, 9.17) is 5.73 Å². The molecule has 4 N–H and O–H groups in total. The number of carbonyl (C=O) groups is 1. The lowest BCUT2D eigenvalue weighted by Crippen LogP contribution is -2.41. The monoisotopic (exact) mass is 249 g/mol. The van der Waals surface area contributed by atoms with Gasteiger partial charge in [-0.3, -0.25) is 9.59 Å². The molecule has 1 amide bonds. The lowest BCUT2D eigenvalue weighted by Gasteiger charge is -2.27. The van der Waals surface area contributed by atoms with Gasteiger partial charge in [-0.2, -0.15) is 0 Å². The number of nitrogens with two attached hydrogens (primary N) is 1. The summed E-state index contributed by atoms with van der Waals surface area (Å²) in [6.07, 6.45) is 7.38. The standard InChI is InChI=1S/C13H19N3O2/c14-8-13(4-1-2-5-13)9-16-12(18)10-7-15-6-3-11(10)17/h3,6-7H,1-2,4-5,8-9,14H2,(H,15,17)(H,16,18). The van der Waals surface area contributed by atoms with Crippen LogP contribution in [-0.4, -0.2) is 24.0 Å². The van der Waals surface area contributed by atoms with Gasteiger partial charge in [-0.1, -0.05) is 12.8 Å². The Morgan fingerprint density at radius 2 is 2.17 bits per heavy atom. The molecule has 1 aromatic rings. The lowest BCUT2D eigenvalue weighted by atomic mass is 9.86. The second-order valence-corrected chi connectivity index (χ2v) is 5.02. The van der Waals surface area contributed by atoms with Crippen LogP contribution >= 0.6 is 0 Å². The van der Waals surface area contributed by atoms with Crippen molar-refractivity contribution >= 4 is 5.91 Å². The molecule has 2 rings (SSSR count). The van der Waals surface area contributed by atoms with E-state index in [-0.39, 0.29) is 22.3 Å². The second kappa shape index (κ2) is 5.35. The summed E-state index contributed by atoms with van der Waals surface area (Å²) in [6, 6.07) is 1.35. The molecule has 98 valence electrons. The molecule has 1 aliphatic rings. The largest absolute Gasteiger partial charge is 0.367 e. The van der Waals surface area contributed by atoms with Crippen LogP contribution in [0.3, 0.4) is 0 Å². The highest BCUT2D eigenvalue weighted by Crippen LogP contribution is 2.36. The molecule has 5 nitrogen and oxygen atoms in total. The van der Waals surface area contributed by atoms with Crippen molar-refractivity contribution in [1.29, 1.82) is 0 Å². The molecule has 1 saturated carbocycles. The number of nitrogens with one attached hydrogen (secondary N) is 2. The first kappa shape index (κ1) is 12.8. The smallest absolute Gasteiger partial charge is 0.256 e. The summed E-state index contributed by atoms with van der Waals surface area (Å²) < 4.78 is 0. The molecule has 1 aliphatic carbocycles.